The van der Waals surface area contributed by atoms with E-state index in [0.29, 0.717) is 34.3 Å². The third-order valence-electron chi connectivity index (χ3n) is 6.50. The van der Waals surface area contributed by atoms with Crippen LogP contribution in [0, 0.1) is 0 Å². The Morgan fingerprint density at radius 3 is 1.46 bits per heavy atom. The Kier molecular flexibility index (Phi) is 4.42. The molecule has 0 saturated heterocycles. The van der Waals surface area contributed by atoms with Crippen molar-refractivity contribution >= 4 is 22.9 Å². The van der Waals surface area contributed by atoms with Crippen LogP contribution in [0.3, 0.4) is 0 Å². The first-order chi connectivity index (χ1) is 13.7. The van der Waals surface area contributed by atoms with Gasteiger partial charge in [-0.1, -0.05) is 49.9 Å². The molecule has 0 amide bonds. The van der Waals surface area contributed by atoms with Gasteiger partial charge in [-0.3, -0.25) is 9.59 Å². The monoisotopic (exact) mass is 374 g/mol. The van der Waals surface area contributed by atoms with E-state index < -0.39 is 0 Å². The minimum atomic E-state index is -0.0465. The summed E-state index contributed by atoms with van der Waals surface area (Å²) in [5.41, 5.74) is 3.77. The van der Waals surface area contributed by atoms with Crippen LogP contribution < -0.4 is 10.6 Å². The first-order valence-corrected chi connectivity index (χ1v) is 10.6. The molecule has 5 rings (SSSR count). The molecule has 4 nitrogen and oxygen atoms in total. The molecule has 0 spiro atoms. The Labute approximate surface area is 165 Å². The lowest BCUT2D eigenvalue weighted by molar-refractivity contribution is 0.0980. The van der Waals surface area contributed by atoms with Crippen molar-refractivity contribution in [2.24, 2.45) is 0 Å². The molecular formula is C24H26N2O2. The minimum absolute atomic E-state index is 0.0354. The summed E-state index contributed by atoms with van der Waals surface area (Å²) in [4.78, 5) is 26.8. The van der Waals surface area contributed by atoms with E-state index in [1.807, 2.05) is 24.3 Å². The molecule has 2 N–H and O–H groups in total. The zero-order valence-corrected chi connectivity index (χ0v) is 16.1. The summed E-state index contributed by atoms with van der Waals surface area (Å²) in [6.45, 7) is 0. The van der Waals surface area contributed by atoms with Crippen LogP contribution in [-0.2, 0) is 0 Å². The molecule has 3 aliphatic carbocycles. The molecule has 0 heterocycles. The van der Waals surface area contributed by atoms with E-state index in [-0.39, 0.29) is 11.6 Å². The number of ketones is 2. The van der Waals surface area contributed by atoms with Crippen LogP contribution >= 0.6 is 0 Å². The lowest BCUT2D eigenvalue weighted by Crippen LogP contribution is -2.26. The molecule has 28 heavy (non-hydrogen) atoms. The van der Waals surface area contributed by atoms with Crippen molar-refractivity contribution in [2.45, 2.75) is 63.5 Å². The molecule has 144 valence electrons. The maximum Gasteiger partial charge on any atom is 0.198 e. The number of nitrogens with one attached hydrogen (secondary N) is 2. The van der Waals surface area contributed by atoms with Crippen LogP contribution in [0.25, 0.3) is 0 Å². The third kappa shape index (κ3) is 2.92. The van der Waals surface area contributed by atoms with Crippen LogP contribution in [0.15, 0.2) is 36.4 Å². The van der Waals surface area contributed by atoms with Crippen molar-refractivity contribution < 1.29 is 9.59 Å². The Morgan fingerprint density at radius 1 is 0.607 bits per heavy atom. The van der Waals surface area contributed by atoms with E-state index in [0.717, 1.165) is 37.1 Å². The normalized spacial score (nSPS) is 19.6. The summed E-state index contributed by atoms with van der Waals surface area (Å²) in [7, 11) is 0. The van der Waals surface area contributed by atoms with Crippen LogP contribution in [-0.4, -0.2) is 23.7 Å². The van der Waals surface area contributed by atoms with Gasteiger partial charge in [0.2, 0.25) is 0 Å². The summed E-state index contributed by atoms with van der Waals surface area (Å²) >= 11 is 0. The van der Waals surface area contributed by atoms with E-state index in [1.54, 1.807) is 12.1 Å². The fourth-order valence-corrected chi connectivity index (χ4v) is 5.06. The quantitative estimate of drug-likeness (QED) is 0.661. The van der Waals surface area contributed by atoms with Crippen LogP contribution in [0.5, 0.6) is 0 Å². The molecule has 0 unspecified atom stereocenters. The van der Waals surface area contributed by atoms with E-state index in [9.17, 15) is 9.59 Å². The Hall–Kier alpha value is -2.62. The van der Waals surface area contributed by atoms with E-state index in [2.05, 4.69) is 10.6 Å². The van der Waals surface area contributed by atoms with Gasteiger partial charge < -0.3 is 10.6 Å². The molecule has 0 aromatic heterocycles. The second-order valence-electron chi connectivity index (χ2n) is 8.37. The lowest BCUT2D eigenvalue weighted by Gasteiger charge is -2.25. The first kappa shape index (κ1) is 17.5. The number of rotatable bonds is 4. The predicted molar refractivity (Wildman–Crippen MR) is 112 cm³/mol. The van der Waals surface area contributed by atoms with E-state index in [4.69, 9.17) is 0 Å². The average Bonchev–Trinajstić information content (AvgIpc) is 3.40. The van der Waals surface area contributed by atoms with Crippen LogP contribution in [0.2, 0.25) is 0 Å². The van der Waals surface area contributed by atoms with Gasteiger partial charge in [0, 0.05) is 34.6 Å². The molecular weight excluding hydrogens is 348 g/mol. The van der Waals surface area contributed by atoms with Crippen molar-refractivity contribution in [3.05, 3.63) is 58.7 Å². The highest BCUT2D eigenvalue weighted by Crippen LogP contribution is 2.37. The highest BCUT2D eigenvalue weighted by molar-refractivity contribution is 6.31. The topological polar surface area (TPSA) is 58.2 Å². The first-order valence-electron chi connectivity index (χ1n) is 10.6. The van der Waals surface area contributed by atoms with Gasteiger partial charge in [0.25, 0.3) is 0 Å². The Balaban J connectivity index is 1.56. The fraction of sp³-hybridized carbons (Fsp3) is 0.417. The summed E-state index contributed by atoms with van der Waals surface area (Å²) < 4.78 is 0. The lowest BCUT2D eigenvalue weighted by atomic mass is 9.82. The predicted octanol–water partition coefficient (Wildman–Crippen LogP) is 5.17. The number of carbonyl (C=O) groups excluding carboxylic acids is 2. The summed E-state index contributed by atoms with van der Waals surface area (Å²) in [5.74, 6) is -0.0819. The van der Waals surface area contributed by atoms with E-state index >= 15 is 0 Å². The zero-order chi connectivity index (χ0) is 19.1. The molecule has 0 aliphatic heterocycles. The number of anilines is 2. The van der Waals surface area contributed by atoms with Gasteiger partial charge in [-0.15, -0.1) is 0 Å². The molecule has 2 aromatic carbocycles. The van der Waals surface area contributed by atoms with Gasteiger partial charge >= 0.3 is 0 Å². The minimum Gasteiger partial charge on any atom is -0.382 e. The molecule has 4 heteroatoms. The van der Waals surface area contributed by atoms with Crippen LogP contribution in [0.4, 0.5) is 11.4 Å². The number of fused-ring (bicyclic) bond motifs is 2. The largest absolute Gasteiger partial charge is 0.382 e. The van der Waals surface area contributed by atoms with Crippen molar-refractivity contribution in [1.29, 1.82) is 0 Å². The molecule has 0 bridgehead atoms. The van der Waals surface area contributed by atoms with Crippen molar-refractivity contribution in [3.63, 3.8) is 0 Å². The Bertz CT molecular complexity index is 864. The van der Waals surface area contributed by atoms with Gasteiger partial charge in [0.15, 0.2) is 11.6 Å². The summed E-state index contributed by atoms with van der Waals surface area (Å²) in [5, 5.41) is 7.10. The van der Waals surface area contributed by atoms with Crippen molar-refractivity contribution in [2.75, 3.05) is 10.6 Å². The molecule has 3 aliphatic rings. The molecule has 0 atom stereocenters. The maximum absolute atomic E-state index is 13.6. The highest BCUT2D eigenvalue weighted by atomic mass is 16.1. The van der Waals surface area contributed by atoms with Crippen LogP contribution in [0.1, 0.15) is 83.2 Å². The summed E-state index contributed by atoms with van der Waals surface area (Å²) in [6.07, 6.45) is 9.37. The fourth-order valence-electron chi connectivity index (χ4n) is 5.06. The number of carbonyl (C=O) groups is 2. The van der Waals surface area contributed by atoms with Gasteiger partial charge in [-0.25, -0.2) is 0 Å². The molecule has 2 saturated carbocycles. The standard InChI is InChI=1S/C24H26N2O2/c27-23-17-11-5-13-19(25-15-7-1-2-8-15)21(17)24(28)22-18(23)12-6-14-20(22)26-16-9-3-4-10-16/h5-6,11-16,25-26H,1-4,7-10H2. The number of benzene rings is 2. The maximum atomic E-state index is 13.6. The SMILES string of the molecule is O=C1c2cccc(NC3CCCC3)c2C(=O)c2c(NC3CCCC3)cccc21. The van der Waals surface area contributed by atoms with Gasteiger partial charge in [0.1, 0.15) is 0 Å². The van der Waals surface area contributed by atoms with Gasteiger partial charge in [0.05, 0.1) is 11.1 Å². The number of hydrogen-bond donors (Lipinski definition) is 2. The number of hydrogen-bond acceptors (Lipinski definition) is 4. The molecule has 0 radical (unpaired) electrons. The van der Waals surface area contributed by atoms with Gasteiger partial charge in [-0.2, -0.15) is 0 Å². The molecule has 2 aromatic rings. The highest BCUT2D eigenvalue weighted by Gasteiger charge is 2.34. The molecule has 2 fully saturated rings. The van der Waals surface area contributed by atoms with Crippen molar-refractivity contribution in [1.82, 2.24) is 0 Å². The smallest absolute Gasteiger partial charge is 0.198 e. The van der Waals surface area contributed by atoms with Gasteiger partial charge in [-0.05, 0) is 37.8 Å². The van der Waals surface area contributed by atoms with Crippen molar-refractivity contribution in [3.8, 4) is 0 Å². The second kappa shape index (κ2) is 7.08. The third-order valence-corrected chi connectivity index (χ3v) is 6.50. The zero-order valence-electron chi connectivity index (χ0n) is 16.1. The summed E-state index contributed by atoms with van der Waals surface area (Å²) in [6, 6.07) is 12.0. The average molecular weight is 374 g/mol. The Morgan fingerprint density at radius 2 is 1.04 bits per heavy atom. The van der Waals surface area contributed by atoms with E-state index in [1.165, 1.54) is 25.7 Å². The second-order valence-corrected chi connectivity index (χ2v) is 8.37.